The Balaban J connectivity index is 1.50. The number of amidine groups is 1. The van der Waals surface area contributed by atoms with Gasteiger partial charge in [0.15, 0.2) is 5.84 Å². The van der Waals surface area contributed by atoms with Crippen LogP contribution in [0, 0.1) is 6.92 Å². The number of carbonyl (C=O) groups is 1. The molecular formula is C21H17N3O3S. The average molecular weight is 391 g/mol. The van der Waals surface area contributed by atoms with Crippen molar-refractivity contribution in [3.05, 3.63) is 89.5 Å². The van der Waals surface area contributed by atoms with E-state index in [4.69, 9.17) is 0 Å². The second-order valence-electron chi connectivity index (χ2n) is 6.43. The van der Waals surface area contributed by atoms with Crippen LogP contribution in [0.1, 0.15) is 21.5 Å². The zero-order valence-electron chi connectivity index (χ0n) is 15.0. The number of hydrogen-bond donors (Lipinski definition) is 2. The van der Waals surface area contributed by atoms with Crippen LogP contribution in [0.25, 0.3) is 0 Å². The molecule has 1 heterocycles. The third-order valence-electron chi connectivity index (χ3n) is 4.35. The molecule has 1 aliphatic rings. The highest BCUT2D eigenvalue weighted by Crippen LogP contribution is 2.26. The number of rotatable bonds is 3. The highest BCUT2D eigenvalue weighted by atomic mass is 32.2. The van der Waals surface area contributed by atoms with Crippen LogP contribution in [0.3, 0.4) is 0 Å². The fraction of sp³-hybridized carbons (Fsp3) is 0.0476. The Bertz CT molecular complexity index is 1180. The van der Waals surface area contributed by atoms with Gasteiger partial charge in [0, 0.05) is 22.5 Å². The molecule has 4 rings (SSSR count). The molecular weight excluding hydrogens is 374 g/mol. The van der Waals surface area contributed by atoms with Crippen LogP contribution >= 0.6 is 0 Å². The summed E-state index contributed by atoms with van der Waals surface area (Å²) in [6.45, 7) is 1.98. The number of benzene rings is 3. The first kappa shape index (κ1) is 17.9. The third-order valence-corrected chi connectivity index (χ3v) is 5.69. The molecule has 7 heteroatoms. The number of nitrogens with zero attached hydrogens (tertiary/aromatic N) is 1. The van der Waals surface area contributed by atoms with Crippen LogP contribution in [0.15, 0.2) is 82.1 Å². The van der Waals surface area contributed by atoms with Gasteiger partial charge in [0.05, 0.1) is 0 Å². The number of fused-ring (bicyclic) bond motifs is 1. The van der Waals surface area contributed by atoms with Crippen molar-refractivity contribution in [2.75, 3.05) is 10.6 Å². The summed E-state index contributed by atoms with van der Waals surface area (Å²) in [6, 6.07) is 21.0. The molecule has 0 unspecified atom stereocenters. The average Bonchev–Trinajstić information content (AvgIpc) is 2.95. The Morgan fingerprint density at radius 3 is 2.21 bits per heavy atom. The van der Waals surface area contributed by atoms with Crippen LogP contribution in [-0.2, 0) is 10.0 Å². The number of amides is 1. The summed E-state index contributed by atoms with van der Waals surface area (Å²) in [5.41, 5.74) is 3.50. The second-order valence-corrected chi connectivity index (χ2v) is 8.01. The molecule has 0 atom stereocenters. The molecule has 2 N–H and O–H groups in total. The molecule has 0 radical (unpaired) electrons. The quantitative estimate of drug-likeness (QED) is 0.711. The van der Waals surface area contributed by atoms with E-state index in [-0.39, 0.29) is 16.6 Å². The van der Waals surface area contributed by atoms with Crippen molar-refractivity contribution in [1.82, 2.24) is 0 Å². The third kappa shape index (κ3) is 3.52. The Kier molecular flexibility index (Phi) is 4.44. The van der Waals surface area contributed by atoms with E-state index < -0.39 is 10.0 Å². The summed E-state index contributed by atoms with van der Waals surface area (Å²) >= 11 is 0. The lowest BCUT2D eigenvalue weighted by Crippen LogP contribution is -2.13. The predicted molar refractivity (Wildman–Crippen MR) is 109 cm³/mol. The van der Waals surface area contributed by atoms with Gasteiger partial charge < -0.3 is 10.6 Å². The summed E-state index contributed by atoms with van der Waals surface area (Å²) in [7, 11) is -3.67. The number of carbonyl (C=O) groups excluding carboxylic acids is 1. The topological polar surface area (TPSA) is 87.6 Å². The zero-order valence-corrected chi connectivity index (χ0v) is 15.8. The van der Waals surface area contributed by atoms with E-state index in [1.165, 1.54) is 6.07 Å². The standard InChI is InChI=1S/C21H17N3O3S/c1-14-6-10-17(11-7-14)23-21(25)15-8-12-16(13-9-15)22-20-18-4-2-3-5-19(18)28(26,27)24-20/h2-13H,1H3,(H,22,24)(H,23,25). The van der Waals surface area contributed by atoms with Gasteiger partial charge in [0.25, 0.3) is 15.9 Å². The van der Waals surface area contributed by atoms with Crippen molar-refractivity contribution in [3.63, 3.8) is 0 Å². The van der Waals surface area contributed by atoms with Crippen molar-refractivity contribution in [2.24, 2.45) is 4.40 Å². The van der Waals surface area contributed by atoms with E-state index in [2.05, 4.69) is 15.0 Å². The molecule has 6 nitrogen and oxygen atoms in total. The van der Waals surface area contributed by atoms with Crippen molar-refractivity contribution >= 4 is 33.1 Å². The fourth-order valence-corrected chi connectivity index (χ4v) is 4.05. The van der Waals surface area contributed by atoms with Gasteiger partial charge in [0.1, 0.15) is 4.90 Å². The van der Waals surface area contributed by atoms with E-state index >= 15 is 0 Å². The molecule has 1 amide bonds. The first-order valence-electron chi connectivity index (χ1n) is 8.62. The number of nitrogens with one attached hydrogen (secondary N) is 2. The molecule has 0 fully saturated rings. The first-order chi connectivity index (χ1) is 13.4. The summed E-state index contributed by atoms with van der Waals surface area (Å²) in [5, 5.41) is 5.85. The molecule has 0 bridgehead atoms. The zero-order chi connectivity index (χ0) is 19.7. The van der Waals surface area contributed by atoms with Gasteiger partial charge in [-0.2, -0.15) is 8.42 Å². The number of hydrogen-bond acceptors (Lipinski definition) is 4. The van der Waals surface area contributed by atoms with Crippen molar-refractivity contribution in [2.45, 2.75) is 11.8 Å². The lowest BCUT2D eigenvalue weighted by Gasteiger charge is -2.08. The Hall–Kier alpha value is -3.45. The second kappa shape index (κ2) is 6.94. The summed E-state index contributed by atoms with van der Waals surface area (Å²) < 4.78 is 28.0. The van der Waals surface area contributed by atoms with E-state index in [0.717, 1.165) is 11.3 Å². The van der Waals surface area contributed by atoms with Gasteiger partial charge in [-0.05, 0) is 55.5 Å². The molecule has 0 saturated carbocycles. The molecule has 0 aliphatic carbocycles. The lowest BCUT2D eigenvalue weighted by atomic mass is 10.1. The SMILES string of the molecule is Cc1ccc(NC(=O)c2ccc(NC3=NS(=O)(=O)c4ccccc43)cc2)cc1. The maximum absolute atomic E-state index is 12.4. The van der Waals surface area contributed by atoms with Crippen LogP contribution in [0.2, 0.25) is 0 Å². The van der Waals surface area contributed by atoms with Crippen LogP contribution in [-0.4, -0.2) is 20.2 Å². The highest BCUT2D eigenvalue weighted by Gasteiger charge is 2.28. The number of sulfonamides is 1. The number of anilines is 2. The monoisotopic (exact) mass is 391 g/mol. The van der Waals surface area contributed by atoms with Gasteiger partial charge in [0.2, 0.25) is 0 Å². The summed E-state index contributed by atoms with van der Waals surface area (Å²) in [4.78, 5) is 12.6. The minimum Gasteiger partial charge on any atom is -0.339 e. The van der Waals surface area contributed by atoms with Crippen LogP contribution < -0.4 is 10.6 Å². The molecule has 1 aliphatic heterocycles. The maximum atomic E-state index is 12.4. The van der Waals surface area contributed by atoms with E-state index in [1.807, 2.05) is 31.2 Å². The summed E-state index contributed by atoms with van der Waals surface area (Å²) in [6.07, 6.45) is 0. The molecule has 0 saturated heterocycles. The molecule has 3 aromatic rings. The van der Waals surface area contributed by atoms with E-state index in [0.29, 0.717) is 16.8 Å². The molecule has 0 aromatic heterocycles. The van der Waals surface area contributed by atoms with Gasteiger partial charge in [-0.1, -0.05) is 29.8 Å². The highest BCUT2D eigenvalue weighted by molar-refractivity contribution is 7.90. The van der Waals surface area contributed by atoms with Crippen molar-refractivity contribution in [3.8, 4) is 0 Å². The largest absolute Gasteiger partial charge is 0.339 e. The summed E-state index contributed by atoms with van der Waals surface area (Å²) in [5.74, 6) is 0.0500. The normalized spacial score (nSPS) is 14.1. The van der Waals surface area contributed by atoms with Gasteiger partial charge in [-0.25, -0.2) is 0 Å². The predicted octanol–water partition coefficient (Wildman–Crippen LogP) is 3.81. The van der Waals surface area contributed by atoms with Gasteiger partial charge in [-0.3, -0.25) is 4.79 Å². The van der Waals surface area contributed by atoms with Crippen LogP contribution in [0.4, 0.5) is 11.4 Å². The Labute approximate surface area is 163 Å². The van der Waals surface area contributed by atoms with Gasteiger partial charge >= 0.3 is 0 Å². The molecule has 0 spiro atoms. The van der Waals surface area contributed by atoms with E-state index in [1.54, 1.807) is 42.5 Å². The van der Waals surface area contributed by atoms with Crippen LogP contribution in [0.5, 0.6) is 0 Å². The first-order valence-corrected chi connectivity index (χ1v) is 10.1. The molecule has 28 heavy (non-hydrogen) atoms. The minimum absolute atomic E-state index is 0.187. The number of aryl methyl sites for hydroxylation is 1. The van der Waals surface area contributed by atoms with Crippen molar-refractivity contribution in [1.29, 1.82) is 0 Å². The van der Waals surface area contributed by atoms with E-state index in [9.17, 15) is 13.2 Å². The molecule has 140 valence electrons. The fourth-order valence-electron chi connectivity index (χ4n) is 2.88. The van der Waals surface area contributed by atoms with Gasteiger partial charge in [-0.15, -0.1) is 4.40 Å². The minimum atomic E-state index is -3.67. The lowest BCUT2D eigenvalue weighted by molar-refractivity contribution is 0.102. The van der Waals surface area contributed by atoms with Crippen molar-refractivity contribution < 1.29 is 13.2 Å². The molecule has 3 aromatic carbocycles. The smallest absolute Gasteiger partial charge is 0.285 e. The Morgan fingerprint density at radius 1 is 0.857 bits per heavy atom. The Morgan fingerprint density at radius 2 is 1.50 bits per heavy atom. The maximum Gasteiger partial charge on any atom is 0.285 e.